The van der Waals surface area contributed by atoms with E-state index < -0.39 is 41.6 Å². The first-order valence-electron chi connectivity index (χ1n) is 5.21. The lowest BCUT2D eigenvalue weighted by molar-refractivity contribution is -0.141. The number of carbonyl (C=O) groups excluding carboxylic acids is 1. The van der Waals surface area contributed by atoms with E-state index >= 15 is 0 Å². The van der Waals surface area contributed by atoms with E-state index in [9.17, 15) is 31.1 Å². The third kappa shape index (κ3) is 4.39. The molecule has 114 valence electrons. The third-order valence-corrected chi connectivity index (χ3v) is 2.22. The number of alkyl halides is 6. The van der Waals surface area contributed by atoms with Gasteiger partial charge in [-0.3, -0.25) is 9.63 Å². The molecule has 21 heavy (non-hydrogen) atoms. The Kier molecular flexibility index (Phi) is 4.85. The molecule has 0 atom stereocenters. The molecule has 0 spiro atoms. The zero-order chi connectivity index (χ0) is 16.3. The van der Waals surface area contributed by atoms with Crippen LogP contribution in [0.15, 0.2) is 18.2 Å². The maximum atomic E-state index is 12.7. The first-order chi connectivity index (χ1) is 9.57. The van der Waals surface area contributed by atoms with Gasteiger partial charge in [-0.05, 0) is 18.2 Å². The summed E-state index contributed by atoms with van der Waals surface area (Å²) in [6, 6.07) is 0.512. The number of carbonyl (C=O) groups is 1. The topological polar surface area (TPSA) is 38.3 Å². The summed E-state index contributed by atoms with van der Waals surface area (Å²) < 4.78 is 75.6. The minimum absolute atomic E-state index is 0.0946. The van der Waals surface area contributed by atoms with Gasteiger partial charge < -0.3 is 0 Å². The highest BCUT2D eigenvalue weighted by Gasteiger charge is 2.38. The predicted octanol–water partition coefficient (Wildman–Crippen LogP) is 3.02. The Morgan fingerprint density at radius 1 is 1.19 bits per heavy atom. The molecule has 0 aromatic heterocycles. The van der Waals surface area contributed by atoms with Crippen LogP contribution in [-0.2, 0) is 17.2 Å². The molecule has 0 heterocycles. The minimum atomic E-state index is -5.00. The van der Waals surface area contributed by atoms with E-state index in [1.54, 1.807) is 5.48 Å². The van der Waals surface area contributed by atoms with Gasteiger partial charge in [-0.1, -0.05) is 5.92 Å². The van der Waals surface area contributed by atoms with Crippen LogP contribution < -0.4 is 5.48 Å². The molecule has 0 aliphatic heterocycles. The molecule has 0 fully saturated rings. The molecule has 1 N–H and O–H groups in total. The van der Waals surface area contributed by atoms with Crippen molar-refractivity contribution in [3.8, 4) is 12.3 Å². The largest absolute Gasteiger partial charge is 0.417 e. The summed E-state index contributed by atoms with van der Waals surface area (Å²) in [5.41, 5.74) is -2.58. The van der Waals surface area contributed by atoms with Gasteiger partial charge in [0.25, 0.3) is 5.91 Å². The van der Waals surface area contributed by atoms with Crippen LogP contribution in [0.2, 0.25) is 0 Å². The van der Waals surface area contributed by atoms with Crippen molar-refractivity contribution in [1.29, 1.82) is 0 Å². The van der Waals surface area contributed by atoms with Crippen LogP contribution in [0.5, 0.6) is 0 Å². The molecule has 0 saturated heterocycles. The average Bonchev–Trinajstić information content (AvgIpc) is 2.36. The Morgan fingerprint density at radius 3 is 2.29 bits per heavy atom. The number of hydrogen-bond donors (Lipinski definition) is 1. The van der Waals surface area contributed by atoms with E-state index in [-0.39, 0.29) is 18.2 Å². The number of benzene rings is 1. The van der Waals surface area contributed by atoms with Crippen LogP contribution in [0.3, 0.4) is 0 Å². The van der Waals surface area contributed by atoms with Crippen molar-refractivity contribution < 1.29 is 36.0 Å². The number of amides is 1. The van der Waals surface area contributed by atoms with Gasteiger partial charge >= 0.3 is 12.4 Å². The summed E-state index contributed by atoms with van der Waals surface area (Å²) in [7, 11) is 0. The molecule has 9 heteroatoms. The highest BCUT2D eigenvalue weighted by molar-refractivity contribution is 5.95. The van der Waals surface area contributed by atoms with Crippen LogP contribution in [0, 0.1) is 12.3 Å². The quantitative estimate of drug-likeness (QED) is 0.403. The second-order valence-electron chi connectivity index (χ2n) is 3.68. The Balaban J connectivity index is 3.24. The molecule has 0 aliphatic rings. The molecule has 1 aromatic rings. The van der Waals surface area contributed by atoms with Crippen molar-refractivity contribution in [3.05, 3.63) is 34.9 Å². The van der Waals surface area contributed by atoms with Crippen molar-refractivity contribution in [2.45, 2.75) is 12.4 Å². The minimum Gasteiger partial charge on any atom is -0.267 e. The van der Waals surface area contributed by atoms with Crippen molar-refractivity contribution in [3.63, 3.8) is 0 Å². The molecule has 1 aromatic carbocycles. The van der Waals surface area contributed by atoms with E-state index in [1.165, 1.54) is 0 Å². The van der Waals surface area contributed by atoms with E-state index in [2.05, 4.69) is 4.84 Å². The maximum absolute atomic E-state index is 12.7. The Hall–Kier alpha value is -2.21. The zero-order valence-corrected chi connectivity index (χ0v) is 10.1. The van der Waals surface area contributed by atoms with E-state index in [4.69, 9.17) is 6.42 Å². The Labute approximate surface area is 114 Å². The summed E-state index contributed by atoms with van der Waals surface area (Å²) in [4.78, 5) is 15.8. The molecule has 0 radical (unpaired) electrons. The highest BCUT2D eigenvalue weighted by Crippen LogP contribution is 2.36. The zero-order valence-electron chi connectivity index (χ0n) is 10.1. The lowest BCUT2D eigenvalue weighted by atomic mass is 10.0. The molecule has 0 bridgehead atoms. The van der Waals surface area contributed by atoms with E-state index in [0.29, 0.717) is 0 Å². The summed E-state index contributed by atoms with van der Waals surface area (Å²) >= 11 is 0. The highest BCUT2D eigenvalue weighted by atomic mass is 19.4. The lowest BCUT2D eigenvalue weighted by Crippen LogP contribution is -2.27. The second-order valence-corrected chi connectivity index (χ2v) is 3.68. The van der Waals surface area contributed by atoms with Crippen LogP contribution in [0.1, 0.15) is 21.5 Å². The third-order valence-electron chi connectivity index (χ3n) is 2.22. The van der Waals surface area contributed by atoms with Crippen LogP contribution in [0.4, 0.5) is 26.3 Å². The Morgan fingerprint density at radius 2 is 1.81 bits per heavy atom. The van der Waals surface area contributed by atoms with Gasteiger partial charge in [0.15, 0.2) is 0 Å². The average molecular weight is 311 g/mol. The Bertz CT molecular complexity index is 571. The fourth-order valence-electron chi connectivity index (χ4n) is 1.35. The van der Waals surface area contributed by atoms with Crippen molar-refractivity contribution >= 4 is 5.91 Å². The summed E-state index contributed by atoms with van der Waals surface area (Å²) in [5, 5.41) is 0. The molecule has 1 rings (SSSR count). The van der Waals surface area contributed by atoms with E-state index in [1.807, 2.05) is 5.92 Å². The van der Waals surface area contributed by atoms with E-state index in [0.717, 1.165) is 0 Å². The van der Waals surface area contributed by atoms with Crippen molar-refractivity contribution in [2.24, 2.45) is 0 Å². The van der Waals surface area contributed by atoms with Gasteiger partial charge in [0.05, 0.1) is 16.7 Å². The summed E-state index contributed by atoms with van der Waals surface area (Å²) in [6.07, 6.45) is -5.11. The van der Waals surface area contributed by atoms with Gasteiger partial charge in [-0.15, -0.1) is 6.42 Å². The molecular formula is C12H7F6NO2. The normalized spacial score (nSPS) is 11.9. The number of hydroxylamine groups is 1. The number of halogens is 6. The standard InChI is InChI=1S/C12H7F6NO2/c1-2-5-21-19-10(20)8-6-7(11(13,14)15)3-4-9(8)12(16,17)18/h1,3-4,6H,5H2,(H,19,20). The number of nitrogens with one attached hydrogen (secondary N) is 1. The second kappa shape index (κ2) is 6.05. The van der Waals surface area contributed by atoms with Gasteiger partial charge in [0, 0.05) is 0 Å². The van der Waals surface area contributed by atoms with Crippen LogP contribution >= 0.6 is 0 Å². The summed E-state index contributed by atoms with van der Waals surface area (Å²) in [5.74, 6) is 0.433. The predicted molar refractivity (Wildman–Crippen MR) is 58.7 cm³/mol. The number of rotatable bonds is 3. The van der Waals surface area contributed by atoms with Gasteiger partial charge in [0.1, 0.15) is 6.61 Å². The molecule has 0 saturated carbocycles. The van der Waals surface area contributed by atoms with Gasteiger partial charge in [-0.2, -0.15) is 26.3 Å². The maximum Gasteiger partial charge on any atom is 0.417 e. The lowest BCUT2D eigenvalue weighted by Gasteiger charge is -2.15. The monoisotopic (exact) mass is 311 g/mol. The number of terminal acetylenes is 1. The first kappa shape index (κ1) is 16.8. The molecule has 0 aliphatic carbocycles. The SMILES string of the molecule is C#CCONC(=O)c1cc(C(F)(F)F)ccc1C(F)(F)F. The summed E-state index contributed by atoms with van der Waals surface area (Å²) in [6.45, 7) is -0.452. The fraction of sp³-hybridized carbons (Fsp3) is 0.250. The smallest absolute Gasteiger partial charge is 0.267 e. The van der Waals surface area contributed by atoms with Gasteiger partial charge in [-0.25, -0.2) is 5.48 Å². The van der Waals surface area contributed by atoms with Gasteiger partial charge in [0.2, 0.25) is 0 Å². The van der Waals surface area contributed by atoms with Crippen LogP contribution in [-0.4, -0.2) is 12.5 Å². The first-order valence-corrected chi connectivity index (χ1v) is 5.21. The molecule has 1 amide bonds. The molecular weight excluding hydrogens is 304 g/mol. The van der Waals surface area contributed by atoms with Crippen LogP contribution in [0.25, 0.3) is 0 Å². The van der Waals surface area contributed by atoms with Crippen molar-refractivity contribution in [1.82, 2.24) is 5.48 Å². The number of hydrogen-bond acceptors (Lipinski definition) is 2. The molecule has 0 unspecified atom stereocenters. The fourth-order valence-corrected chi connectivity index (χ4v) is 1.35. The van der Waals surface area contributed by atoms with Crippen molar-refractivity contribution in [2.75, 3.05) is 6.61 Å². The molecule has 3 nitrogen and oxygen atoms in total.